The van der Waals surface area contributed by atoms with E-state index in [1.807, 2.05) is 36.4 Å². The summed E-state index contributed by atoms with van der Waals surface area (Å²) in [5, 5.41) is 0. The molecule has 0 aliphatic carbocycles. The molecule has 0 heterocycles. The molecule has 0 radical (unpaired) electrons. The molecule has 0 bridgehead atoms. The van der Waals surface area contributed by atoms with Gasteiger partial charge in [0.2, 0.25) is 0 Å². The lowest BCUT2D eigenvalue weighted by atomic mass is 10.0. The molecule has 0 fully saturated rings. The Kier molecular flexibility index (Phi) is 4.51. The zero-order chi connectivity index (χ0) is 14.5. The number of para-hydroxylation sites is 1. The van der Waals surface area contributed by atoms with Gasteiger partial charge in [-0.25, -0.2) is 0 Å². The lowest BCUT2D eigenvalue weighted by Crippen LogP contribution is -2.02. The molecule has 3 nitrogen and oxygen atoms in total. The van der Waals surface area contributed by atoms with E-state index in [1.165, 1.54) is 5.56 Å². The molecular weight excluding hydrogens is 250 g/mol. The monoisotopic (exact) mass is 271 g/mol. The van der Waals surface area contributed by atoms with Crippen molar-refractivity contribution in [1.82, 2.24) is 0 Å². The Morgan fingerprint density at radius 3 is 2.50 bits per heavy atom. The first-order valence-electron chi connectivity index (χ1n) is 6.76. The number of hydrogen-bond acceptors (Lipinski definition) is 3. The molecule has 0 spiro atoms. The minimum absolute atomic E-state index is 0.430. The Morgan fingerprint density at radius 1 is 1.05 bits per heavy atom. The third-order valence-electron chi connectivity index (χ3n) is 3.24. The van der Waals surface area contributed by atoms with Gasteiger partial charge in [-0.15, -0.1) is 0 Å². The van der Waals surface area contributed by atoms with Crippen LogP contribution in [-0.2, 0) is 6.61 Å². The van der Waals surface area contributed by atoms with Crippen LogP contribution in [0.1, 0.15) is 30.9 Å². The molecule has 2 aromatic carbocycles. The van der Waals surface area contributed by atoms with Gasteiger partial charge in [-0.3, -0.25) is 0 Å². The van der Waals surface area contributed by atoms with Gasteiger partial charge >= 0.3 is 0 Å². The average Bonchev–Trinajstić information content (AvgIpc) is 2.46. The first kappa shape index (κ1) is 14.3. The highest BCUT2D eigenvalue weighted by atomic mass is 16.5. The summed E-state index contributed by atoms with van der Waals surface area (Å²) in [5.41, 5.74) is 8.64. The summed E-state index contributed by atoms with van der Waals surface area (Å²) in [6, 6.07) is 13.7. The Hall–Kier alpha value is -2.16. The highest BCUT2D eigenvalue weighted by Crippen LogP contribution is 2.28. The van der Waals surface area contributed by atoms with E-state index >= 15 is 0 Å². The van der Waals surface area contributed by atoms with Crippen molar-refractivity contribution in [3.63, 3.8) is 0 Å². The maximum atomic E-state index is 5.95. The molecule has 20 heavy (non-hydrogen) atoms. The van der Waals surface area contributed by atoms with Crippen LogP contribution >= 0.6 is 0 Å². The fourth-order valence-corrected chi connectivity index (χ4v) is 2.12. The van der Waals surface area contributed by atoms with Crippen molar-refractivity contribution in [3.05, 3.63) is 53.6 Å². The zero-order valence-electron chi connectivity index (χ0n) is 12.2. The minimum Gasteiger partial charge on any atom is -0.496 e. The molecule has 0 amide bonds. The maximum absolute atomic E-state index is 5.95. The number of anilines is 1. The van der Waals surface area contributed by atoms with Gasteiger partial charge in [0, 0.05) is 17.3 Å². The van der Waals surface area contributed by atoms with Crippen LogP contribution < -0.4 is 15.2 Å². The average molecular weight is 271 g/mol. The van der Waals surface area contributed by atoms with Gasteiger partial charge in [0.1, 0.15) is 18.1 Å². The summed E-state index contributed by atoms with van der Waals surface area (Å²) in [6.45, 7) is 4.78. The van der Waals surface area contributed by atoms with Crippen molar-refractivity contribution in [2.24, 2.45) is 0 Å². The molecule has 0 aliphatic rings. The van der Waals surface area contributed by atoms with Gasteiger partial charge in [0.05, 0.1) is 7.11 Å². The van der Waals surface area contributed by atoms with Gasteiger partial charge in [-0.1, -0.05) is 32.0 Å². The third-order valence-corrected chi connectivity index (χ3v) is 3.24. The Morgan fingerprint density at radius 2 is 1.80 bits per heavy atom. The number of ether oxygens (including phenoxy) is 2. The first-order valence-corrected chi connectivity index (χ1v) is 6.76. The number of nitrogen functional groups attached to an aromatic ring is 1. The summed E-state index contributed by atoms with van der Waals surface area (Å²) in [6.07, 6.45) is 0. The molecule has 0 saturated heterocycles. The lowest BCUT2D eigenvalue weighted by Gasteiger charge is -2.15. The predicted molar refractivity (Wildman–Crippen MR) is 82.3 cm³/mol. The normalized spacial score (nSPS) is 10.6. The molecule has 3 heteroatoms. The van der Waals surface area contributed by atoms with Gasteiger partial charge < -0.3 is 15.2 Å². The van der Waals surface area contributed by atoms with Crippen molar-refractivity contribution in [2.75, 3.05) is 12.8 Å². The van der Waals surface area contributed by atoms with E-state index in [9.17, 15) is 0 Å². The van der Waals surface area contributed by atoms with Crippen molar-refractivity contribution >= 4 is 5.69 Å². The second-order valence-electron chi connectivity index (χ2n) is 5.05. The number of benzene rings is 2. The van der Waals surface area contributed by atoms with Crippen LogP contribution in [0.2, 0.25) is 0 Å². The Labute approximate surface area is 120 Å². The zero-order valence-corrected chi connectivity index (χ0v) is 12.2. The predicted octanol–water partition coefficient (Wildman–Crippen LogP) is 3.98. The van der Waals surface area contributed by atoms with Crippen LogP contribution in [0.25, 0.3) is 0 Å². The fourth-order valence-electron chi connectivity index (χ4n) is 2.12. The largest absolute Gasteiger partial charge is 0.496 e. The quantitative estimate of drug-likeness (QED) is 0.836. The van der Waals surface area contributed by atoms with Crippen molar-refractivity contribution < 1.29 is 9.47 Å². The molecule has 0 saturated carbocycles. The van der Waals surface area contributed by atoms with Crippen LogP contribution in [0.5, 0.6) is 11.5 Å². The lowest BCUT2D eigenvalue weighted by molar-refractivity contribution is 0.293. The summed E-state index contributed by atoms with van der Waals surface area (Å²) >= 11 is 0. The molecule has 0 atom stereocenters. The molecule has 0 aromatic heterocycles. The van der Waals surface area contributed by atoms with Gasteiger partial charge in [0.15, 0.2) is 0 Å². The molecular formula is C17H21NO2. The highest BCUT2D eigenvalue weighted by molar-refractivity contribution is 5.48. The van der Waals surface area contributed by atoms with E-state index in [4.69, 9.17) is 15.2 Å². The van der Waals surface area contributed by atoms with Crippen LogP contribution in [0.15, 0.2) is 42.5 Å². The molecule has 0 aliphatic heterocycles. The van der Waals surface area contributed by atoms with E-state index in [1.54, 1.807) is 7.11 Å². The number of hydrogen-bond donors (Lipinski definition) is 1. The summed E-state index contributed by atoms with van der Waals surface area (Å²) in [5.74, 6) is 2.10. The number of rotatable bonds is 5. The second-order valence-corrected chi connectivity index (χ2v) is 5.05. The van der Waals surface area contributed by atoms with Crippen molar-refractivity contribution in [2.45, 2.75) is 26.4 Å². The van der Waals surface area contributed by atoms with Crippen LogP contribution in [0, 0.1) is 0 Å². The summed E-state index contributed by atoms with van der Waals surface area (Å²) in [7, 11) is 1.64. The summed E-state index contributed by atoms with van der Waals surface area (Å²) in [4.78, 5) is 0. The standard InChI is InChI=1S/C17H21NO2/c1-12(2)15-6-4-5-7-16(15)20-11-13-8-9-14(18)10-17(13)19-3/h4-10,12H,11,18H2,1-3H3. The molecule has 0 unspecified atom stereocenters. The minimum atomic E-state index is 0.430. The number of methoxy groups -OCH3 is 1. The maximum Gasteiger partial charge on any atom is 0.127 e. The van der Waals surface area contributed by atoms with E-state index < -0.39 is 0 Å². The molecule has 2 N–H and O–H groups in total. The number of nitrogens with two attached hydrogens (primary N) is 1. The van der Waals surface area contributed by atoms with Crippen molar-refractivity contribution in [1.29, 1.82) is 0 Å². The van der Waals surface area contributed by atoms with Gasteiger partial charge in [-0.2, -0.15) is 0 Å². The van der Waals surface area contributed by atoms with E-state index in [2.05, 4.69) is 19.9 Å². The van der Waals surface area contributed by atoms with E-state index in [0.29, 0.717) is 18.2 Å². The molecule has 2 rings (SSSR count). The third kappa shape index (κ3) is 3.23. The SMILES string of the molecule is COc1cc(N)ccc1COc1ccccc1C(C)C. The smallest absolute Gasteiger partial charge is 0.127 e. The molecule has 106 valence electrons. The van der Waals surface area contributed by atoms with E-state index in [-0.39, 0.29) is 0 Å². The Bertz CT molecular complexity index is 579. The topological polar surface area (TPSA) is 44.5 Å². The highest BCUT2D eigenvalue weighted by Gasteiger charge is 2.09. The van der Waals surface area contributed by atoms with Crippen LogP contribution in [0.4, 0.5) is 5.69 Å². The Balaban J connectivity index is 2.17. The first-order chi connectivity index (χ1) is 9.61. The fraction of sp³-hybridized carbons (Fsp3) is 0.294. The second kappa shape index (κ2) is 6.33. The molecule has 2 aromatic rings. The summed E-state index contributed by atoms with van der Waals surface area (Å²) < 4.78 is 11.3. The van der Waals surface area contributed by atoms with Gasteiger partial charge in [-0.05, 0) is 29.7 Å². The van der Waals surface area contributed by atoms with E-state index in [0.717, 1.165) is 17.1 Å². The van der Waals surface area contributed by atoms with Crippen LogP contribution in [-0.4, -0.2) is 7.11 Å². The van der Waals surface area contributed by atoms with Crippen LogP contribution in [0.3, 0.4) is 0 Å². The van der Waals surface area contributed by atoms with Crippen molar-refractivity contribution in [3.8, 4) is 11.5 Å². The van der Waals surface area contributed by atoms with Gasteiger partial charge in [0.25, 0.3) is 0 Å².